The van der Waals surface area contributed by atoms with Crippen molar-refractivity contribution in [1.29, 1.82) is 10.5 Å². The Morgan fingerprint density at radius 1 is 1.08 bits per heavy atom. The average molecular weight is 408 g/mol. The Balaban J connectivity index is 1.90. The number of hydrogen-bond acceptors (Lipinski definition) is 4. The Hall–Kier alpha value is -2.57. The van der Waals surface area contributed by atoms with Gasteiger partial charge in [0, 0.05) is 21.7 Å². The van der Waals surface area contributed by atoms with Crippen molar-refractivity contribution in [3.63, 3.8) is 0 Å². The van der Waals surface area contributed by atoms with E-state index in [9.17, 15) is 10.5 Å². The third-order valence-electron chi connectivity index (χ3n) is 5.41. The highest BCUT2D eigenvalue weighted by molar-refractivity contribution is 9.10. The number of nitrogens with one attached hydrogen (secondary N) is 2. The molecule has 0 spiro atoms. The monoisotopic (exact) mass is 407 g/mol. The molecule has 0 bridgehead atoms. The Kier molecular flexibility index (Phi) is 4.53. The molecule has 2 heterocycles. The van der Waals surface area contributed by atoms with Crippen LogP contribution in [0.25, 0.3) is 0 Å². The highest BCUT2D eigenvalue weighted by atomic mass is 79.9. The number of nitriles is 2. The van der Waals surface area contributed by atoms with Gasteiger partial charge in [0.05, 0.1) is 29.3 Å². The van der Waals surface area contributed by atoms with Gasteiger partial charge in [-0.25, -0.2) is 0 Å². The molecule has 0 radical (unpaired) electrons. The van der Waals surface area contributed by atoms with Gasteiger partial charge in [-0.15, -0.1) is 0 Å². The van der Waals surface area contributed by atoms with Crippen LogP contribution < -0.4 is 5.32 Å². The first-order valence-corrected chi connectivity index (χ1v) is 9.66. The van der Waals surface area contributed by atoms with Gasteiger partial charge in [-0.1, -0.05) is 31.4 Å². The first-order valence-electron chi connectivity index (χ1n) is 8.87. The Bertz CT molecular complexity index is 953. The minimum absolute atomic E-state index is 0.227. The van der Waals surface area contributed by atoms with Crippen LogP contribution in [0.1, 0.15) is 54.7 Å². The van der Waals surface area contributed by atoms with Gasteiger partial charge in [0.2, 0.25) is 0 Å². The number of aromatic amines is 1. The van der Waals surface area contributed by atoms with E-state index in [4.69, 9.17) is 0 Å². The van der Waals surface area contributed by atoms with Gasteiger partial charge in [0.1, 0.15) is 11.9 Å². The molecule has 1 unspecified atom stereocenters. The zero-order valence-electron chi connectivity index (χ0n) is 14.2. The summed E-state index contributed by atoms with van der Waals surface area (Å²) in [6, 6.07) is 10.3. The summed E-state index contributed by atoms with van der Waals surface area (Å²) in [5.41, 5.74) is 4.20. The van der Waals surface area contributed by atoms with Crippen molar-refractivity contribution in [2.75, 3.05) is 5.32 Å². The van der Waals surface area contributed by atoms with E-state index in [-0.39, 0.29) is 5.92 Å². The lowest BCUT2D eigenvalue weighted by Crippen LogP contribution is -2.24. The SMILES string of the molecule is N#CC1=C(C2CCCCC2)Nc2[nH]ncc2C1c1cccc(C#N)c1Br. The fraction of sp³-hybridized carbons (Fsp3) is 0.350. The number of H-pyrrole nitrogens is 1. The largest absolute Gasteiger partial charge is 0.343 e. The maximum Gasteiger partial charge on any atom is 0.129 e. The van der Waals surface area contributed by atoms with Crippen molar-refractivity contribution in [3.8, 4) is 12.1 Å². The molecule has 1 aromatic heterocycles. The number of hydrogen-bond donors (Lipinski definition) is 2. The number of rotatable bonds is 2. The highest BCUT2D eigenvalue weighted by Gasteiger charge is 2.35. The molecule has 5 nitrogen and oxygen atoms in total. The number of allylic oxidation sites excluding steroid dienone is 2. The minimum Gasteiger partial charge on any atom is -0.343 e. The average Bonchev–Trinajstić information content (AvgIpc) is 3.16. The molecule has 1 saturated carbocycles. The Morgan fingerprint density at radius 3 is 2.62 bits per heavy atom. The molecule has 0 amide bonds. The van der Waals surface area contributed by atoms with Crippen molar-refractivity contribution in [2.45, 2.75) is 38.0 Å². The number of fused-ring (bicyclic) bond motifs is 1. The lowest BCUT2D eigenvalue weighted by atomic mass is 9.77. The van der Waals surface area contributed by atoms with Crippen LogP contribution in [0.5, 0.6) is 0 Å². The third kappa shape index (κ3) is 2.71. The summed E-state index contributed by atoms with van der Waals surface area (Å²) in [6.45, 7) is 0. The van der Waals surface area contributed by atoms with E-state index >= 15 is 0 Å². The van der Waals surface area contributed by atoms with Crippen molar-refractivity contribution in [2.24, 2.45) is 5.92 Å². The molecular formula is C20H18BrN5. The van der Waals surface area contributed by atoms with E-state index in [2.05, 4.69) is 43.6 Å². The molecule has 130 valence electrons. The van der Waals surface area contributed by atoms with Gasteiger partial charge in [-0.3, -0.25) is 5.10 Å². The second-order valence-electron chi connectivity index (χ2n) is 6.85. The van der Waals surface area contributed by atoms with Gasteiger partial charge in [-0.05, 0) is 40.4 Å². The van der Waals surface area contributed by atoms with Gasteiger partial charge in [0.25, 0.3) is 0 Å². The molecule has 1 aromatic carbocycles. The van der Waals surface area contributed by atoms with Crippen molar-refractivity contribution >= 4 is 21.7 Å². The summed E-state index contributed by atoms with van der Waals surface area (Å²) in [5, 5.41) is 30.1. The standard InChI is InChI=1S/C20H18BrN5/c21-18-13(9-22)7-4-8-14(18)17-15(10-23)19(12-5-2-1-3-6-12)25-20-16(17)11-24-26-20/h4,7-8,11-12,17H,1-3,5-6H2,(H2,24,25,26). The number of halogens is 1. The second kappa shape index (κ2) is 6.97. The summed E-state index contributed by atoms with van der Waals surface area (Å²) < 4.78 is 0.747. The number of aromatic nitrogens is 2. The van der Waals surface area contributed by atoms with Crippen LogP contribution in [0.4, 0.5) is 5.82 Å². The predicted molar refractivity (Wildman–Crippen MR) is 102 cm³/mol. The minimum atomic E-state index is -0.227. The quantitative estimate of drug-likeness (QED) is 0.735. The van der Waals surface area contributed by atoms with Crippen LogP contribution in [0.2, 0.25) is 0 Å². The van der Waals surface area contributed by atoms with Crippen molar-refractivity contribution < 1.29 is 0 Å². The summed E-state index contributed by atoms with van der Waals surface area (Å²) in [5.74, 6) is 0.994. The van der Waals surface area contributed by atoms with Crippen LogP contribution in [0, 0.1) is 28.6 Å². The molecule has 2 aliphatic rings. The summed E-state index contributed by atoms with van der Waals surface area (Å²) in [4.78, 5) is 0. The lowest BCUT2D eigenvalue weighted by Gasteiger charge is -2.32. The van der Waals surface area contributed by atoms with Gasteiger partial charge >= 0.3 is 0 Å². The molecule has 1 aliphatic carbocycles. The summed E-state index contributed by atoms with van der Waals surface area (Å²) >= 11 is 3.58. The molecule has 1 atom stereocenters. The zero-order chi connectivity index (χ0) is 18.1. The Morgan fingerprint density at radius 2 is 1.88 bits per heavy atom. The first-order chi connectivity index (χ1) is 12.7. The van der Waals surface area contributed by atoms with Crippen LogP contribution in [0.3, 0.4) is 0 Å². The van der Waals surface area contributed by atoms with E-state index in [1.54, 1.807) is 12.3 Å². The molecule has 26 heavy (non-hydrogen) atoms. The fourth-order valence-electron chi connectivity index (χ4n) is 4.15. The predicted octanol–water partition coefficient (Wildman–Crippen LogP) is 4.96. The van der Waals surface area contributed by atoms with Crippen LogP contribution in [0.15, 0.2) is 40.1 Å². The normalized spacial score (nSPS) is 20.0. The zero-order valence-corrected chi connectivity index (χ0v) is 15.8. The summed E-state index contributed by atoms with van der Waals surface area (Å²) in [7, 11) is 0. The fourth-order valence-corrected chi connectivity index (χ4v) is 4.73. The first kappa shape index (κ1) is 16.9. The van der Waals surface area contributed by atoms with E-state index < -0.39 is 0 Å². The van der Waals surface area contributed by atoms with Crippen molar-refractivity contribution in [3.05, 3.63) is 56.8 Å². The highest BCUT2D eigenvalue weighted by Crippen LogP contribution is 2.46. The van der Waals surface area contributed by atoms with E-state index in [1.165, 1.54) is 19.3 Å². The number of benzene rings is 1. The molecule has 1 fully saturated rings. The van der Waals surface area contributed by atoms with Crippen LogP contribution >= 0.6 is 15.9 Å². The molecule has 4 rings (SSSR count). The lowest BCUT2D eigenvalue weighted by molar-refractivity contribution is 0.401. The van der Waals surface area contributed by atoms with Crippen LogP contribution in [-0.2, 0) is 0 Å². The maximum atomic E-state index is 10.0. The second-order valence-corrected chi connectivity index (χ2v) is 7.65. The molecule has 6 heteroatoms. The van der Waals surface area contributed by atoms with E-state index in [0.717, 1.165) is 45.5 Å². The molecule has 0 saturated heterocycles. The molecule has 2 N–H and O–H groups in total. The Labute approximate surface area is 160 Å². The van der Waals surface area contributed by atoms with Gasteiger partial charge < -0.3 is 5.32 Å². The van der Waals surface area contributed by atoms with Gasteiger partial charge in [-0.2, -0.15) is 15.6 Å². The van der Waals surface area contributed by atoms with E-state index in [0.29, 0.717) is 11.5 Å². The molecule has 2 aromatic rings. The van der Waals surface area contributed by atoms with Crippen LogP contribution in [-0.4, -0.2) is 10.2 Å². The van der Waals surface area contributed by atoms with E-state index in [1.807, 2.05) is 12.1 Å². The maximum absolute atomic E-state index is 10.0. The van der Waals surface area contributed by atoms with Crippen molar-refractivity contribution in [1.82, 2.24) is 10.2 Å². The topological polar surface area (TPSA) is 88.3 Å². The number of anilines is 1. The van der Waals surface area contributed by atoms with Gasteiger partial charge in [0.15, 0.2) is 0 Å². The molecular weight excluding hydrogens is 390 g/mol. The third-order valence-corrected chi connectivity index (χ3v) is 6.30. The molecule has 1 aliphatic heterocycles. The number of nitrogens with zero attached hydrogens (tertiary/aromatic N) is 3. The smallest absolute Gasteiger partial charge is 0.129 e. The summed E-state index contributed by atoms with van der Waals surface area (Å²) in [6.07, 6.45) is 7.63.